The van der Waals surface area contributed by atoms with Gasteiger partial charge in [0, 0.05) is 54.2 Å². The van der Waals surface area contributed by atoms with Gasteiger partial charge in [0.25, 0.3) is 0 Å². The summed E-state index contributed by atoms with van der Waals surface area (Å²) in [5, 5.41) is 4.88. The minimum Gasteiger partial charge on any atom is -0.338 e. The number of carbonyl (C=O) groups is 1. The molecule has 2 aromatic rings. The quantitative estimate of drug-likeness (QED) is 0.931. The number of halogens is 1. The van der Waals surface area contributed by atoms with Crippen LogP contribution in [-0.4, -0.2) is 48.6 Å². The van der Waals surface area contributed by atoms with Gasteiger partial charge in [0.1, 0.15) is 0 Å². The van der Waals surface area contributed by atoms with E-state index in [9.17, 15) is 4.79 Å². The molecule has 22 heavy (non-hydrogen) atoms. The number of rotatable bonds is 3. The lowest BCUT2D eigenvalue weighted by molar-refractivity contribution is 0.136. The predicted molar refractivity (Wildman–Crippen MR) is 92.8 cm³/mol. The number of urea groups is 1. The van der Waals surface area contributed by atoms with Crippen LogP contribution in [-0.2, 0) is 6.54 Å². The molecule has 1 aromatic heterocycles. The molecule has 118 valence electrons. The molecule has 1 aliphatic rings. The zero-order chi connectivity index (χ0) is 15.5. The average molecular weight is 338 g/mol. The molecule has 0 atom stereocenters. The van der Waals surface area contributed by atoms with Crippen LogP contribution >= 0.6 is 22.9 Å². The van der Waals surface area contributed by atoms with Crippen LogP contribution in [0.5, 0.6) is 0 Å². The van der Waals surface area contributed by atoms with Crippen molar-refractivity contribution >= 4 is 39.1 Å². The van der Waals surface area contributed by atoms with Crippen molar-refractivity contribution < 1.29 is 4.79 Å². The van der Waals surface area contributed by atoms with Gasteiger partial charge in [0.15, 0.2) is 0 Å². The van der Waals surface area contributed by atoms with Gasteiger partial charge >= 0.3 is 6.03 Å². The van der Waals surface area contributed by atoms with Crippen LogP contribution in [0.15, 0.2) is 24.3 Å². The van der Waals surface area contributed by atoms with Gasteiger partial charge in [0.2, 0.25) is 0 Å². The number of nitrogens with one attached hydrogen (secondary N) is 1. The fraction of sp³-hybridized carbons (Fsp3) is 0.438. The fourth-order valence-electron chi connectivity index (χ4n) is 2.74. The number of thiophene rings is 1. The Hall–Kier alpha value is -1.30. The fourth-order valence-corrected chi connectivity index (χ4v) is 4.28. The summed E-state index contributed by atoms with van der Waals surface area (Å²) in [4.78, 5) is 17.3. The van der Waals surface area contributed by atoms with E-state index in [0.29, 0.717) is 6.54 Å². The molecule has 2 heterocycles. The Morgan fingerprint density at radius 2 is 2.00 bits per heavy atom. The number of hydrogen-bond acceptors (Lipinski definition) is 3. The highest BCUT2D eigenvalue weighted by molar-refractivity contribution is 7.19. The van der Waals surface area contributed by atoms with E-state index in [1.807, 2.05) is 24.0 Å². The minimum absolute atomic E-state index is 0.0436. The summed E-state index contributed by atoms with van der Waals surface area (Å²) in [5.41, 5.74) is 0. The first kappa shape index (κ1) is 15.6. The third kappa shape index (κ3) is 3.21. The highest BCUT2D eigenvalue weighted by Crippen LogP contribution is 2.35. The van der Waals surface area contributed by atoms with Gasteiger partial charge < -0.3 is 10.2 Å². The molecule has 6 heteroatoms. The number of fused-ring (bicyclic) bond motifs is 1. The van der Waals surface area contributed by atoms with Crippen molar-refractivity contribution in [1.82, 2.24) is 15.1 Å². The van der Waals surface area contributed by atoms with E-state index in [-0.39, 0.29) is 6.03 Å². The normalized spacial score (nSPS) is 16.2. The lowest BCUT2D eigenvalue weighted by Gasteiger charge is -2.34. The van der Waals surface area contributed by atoms with Crippen LogP contribution in [0.25, 0.3) is 10.1 Å². The molecule has 1 fully saturated rings. The Kier molecular flexibility index (Phi) is 4.86. The highest BCUT2D eigenvalue weighted by atomic mass is 35.5. The van der Waals surface area contributed by atoms with Crippen molar-refractivity contribution in [3.8, 4) is 0 Å². The Balaban J connectivity index is 1.62. The monoisotopic (exact) mass is 337 g/mol. The molecule has 0 bridgehead atoms. The number of piperazine rings is 1. The average Bonchev–Trinajstić information content (AvgIpc) is 2.85. The van der Waals surface area contributed by atoms with Gasteiger partial charge in [0.05, 0.1) is 5.02 Å². The number of carbonyl (C=O) groups excluding carboxylic acids is 1. The van der Waals surface area contributed by atoms with Gasteiger partial charge in [-0.05, 0) is 13.0 Å². The summed E-state index contributed by atoms with van der Waals surface area (Å²) in [6.07, 6.45) is 0. The zero-order valence-corrected chi connectivity index (χ0v) is 14.2. The maximum atomic E-state index is 11.8. The first-order chi connectivity index (χ1) is 10.7. The molecular formula is C16H20ClN3OS. The van der Waals surface area contributed by atoms with Gasteiger partial charge in [-0.2, -0.15) is 0 Å². The Labute approximate surface area is 139 Å². The molecule has 1 aliphatic heterocycles. The van der Waals surface area contributed by atoms with Crippen LogP contribution in [0.4, 0.5) is 4.79 Å². The van der Waals surface area contributed by atoms with Gasteiger partial charge in [-0.25, -0.2) is 4.79 Å². The standard InChI is InChI=1S/C16H20ClN3OS/c1-2-18-16(21)20-9-7-19(8-10-20)11-14-15(17)12-5-3-4-6-13(12)22-14/h3-6H,2,7-11H2,1H3,(H,18,21). The zero-order valence-electron chi connectivity index (χ0n) is 12.6. The second kappa shape index (κ2) is 6.86. The van der Waals surface area contributed by atoms with E-state index in [4.69, 9.17) is 11.6 Å². The second-order valence-electron chi connectivity index (χ2n) is 5.43. The van der Waals surface area contributed by atoms with Crippen LogP contribution < -0.4 is 5.32 Å². The van der Waals surface area contributed by atoms with E-state index in [2.05, 4.69) is 22.3 Å². The summed E-state index contributed by atoms with van der Waals surface area (Å²) >= 11 is 8.27. The second-order valence-corrected chi connectivity index (χ2v) is 6.95. The first-order valence-electron chi connectivity index (χ1n) is 7.60. The maximum Gasteiger partial charge on any atom is 0.317 e. The third-order valence-electron chi connectivity index (χ3n) is 3.96. The highest BCUT2D eigenvalue weighted by Gasteiger charge is 2.22. The first-order valence-corrected chi connectivity index (χ1v) is 8.79. The van der Waals surface area contributed by atoms with Crippen molar-refractivity contribution in [2.24, 2.45) is 0 Å². The summed E-state index contributed by atoms with van der Waals surface area (Å²) in [7, 11) is 0. The van der Waals surface area contributed by atoms with E-state index in [1.54, 1.807) is 11.3 Å². The van der Waals surface area contributed by atoms with Crippen LogP contribution in [0.3, 0.4) is 0 Å². The molecule has 2 amide bonds. The summed E-state index contributed by atoms with van der Waals surface area (Å²) < 4.78 is 1.24. The predicted octanol–water partition coefficient (Wildman–Crippen LogP) is 3.40. The summed E-state index contributed by atoms with van der Waals surface area (Å²) in [6, 6.07) is 8.30. The van der Waals surface area contributed by atoms with Crippen molar-refractivity contribution in [3.63, 3.8) is 0 Å². The Morgan fingerprint density at radius 3 is 2.68 bits per heavy atom. The van der Waals surface area contributed by atoms with Crippen LogP contribution in [0.1, 0.15) is 11.8 Å². The number of hydrogen-bond donors (Lipinski definition) is 1. The molecule has 4 nitrogen and oxygen atoms in total. The molecule has 1 saturated heterocycles. The lowest BCUT2D eigenvalue weighted by Crippen LogP contribution is -2.51. The Morgan fingerprint density at radius 1 is 1.27 bits per heavy atom. The minimum atomic E-state index is 0.0436. The van der Waals surface area contributed by atoms with Gasteiger partial charge in [-0.1, -0.05) is 29.8 Å². The number of nitrogens with zero attached hydrogens (tertiary/aromatic N) is 2. The molecule has 3 rings (SSSR count). The molecule has 0 radical (unpaired) electrons. The molecule has 1 aromatic carbocycles. The van der Waals surface area contributed by atoms with Crippen molar-refractivity contribution in [2.75, 3.05) is 32.7 Å². The molecule has 0 saturated carbocycles. The number of amides is 2. The van der Waals surface area contributed by atoms with Crippen molar-refractivity contribution in [2.45, 2.75) is 13.5 Å². The molecular weight excluding hydrogens is 318 g/mol. The van der Waals surface area contributed by atoms with Crippen molar-refractivity contribution in [3.05, 3.63) is 34.2 Å². The van der Waals surface area contributed by atoms with E-state index >= 15 is 0 Å². The third-order valence-corrected chi connectivity index (χ3v) is 5.66. The smallest absolute Gasteiger partial charge is 0.317 e. The largest absolute Gasteiger partial charge is 0.338 e. The van der Waals surface area contributed by atoms with E-state index in [1.165, 1.54) is 9.58 Å². The molecule has 0 aliphatic carbocycles. The lowest BCUT2D eigenvalue weighted by atomic mass is 10.2. The topological polar surface area (TPSA) is 35.6 Å². The maximum absolute atomic E-state index is 11.8. The summed E-state index contributed by atoms with van der Waals surface area (Å²) in [5.74, 6) is 0. The van der Waals surface area contributed by atoms with Crippen molar-refractivity contribution in [1.29, 1.82) is 0 Å². The molecule has 1 N–H and O–H groups in total. The van der Waals surface area contributed by atoms with Crippen LogP contribution in [0, 0.1) is 0 Å². The molecule has 0 spiro atoms. The summed E-state index contributed by atoms with van der Waals surface area (Å²) in [6.45, 7) is 6.81. The van der Waals surface area contributed by atoms with E-state index in [0.717, 1.165) is 43.1 Å². The van der Waals surface area contributed by atoms with Crippen LogP contribution in [0.2, 0.25) is 5.02 Å². The van der Waals surface area contributed by atoms with Gasteiger partial charge in [-0.3, -0.25) is 4.90 Å². The Bertz CT molecular complexity index is 664. The number of benzene rings is 1. The van der Waals surface area contributed by atoms with E-state index < -0.39 is 0 Å². The van der Waals surface area contributed by atoms with Gasteiger partial charge in [-0.15, -0.1) is 11.3 Å². The molecule has 0 unspecified atom stereocenters. The SMILES string of the molecule is CCNC(=O)N1CCN(Cc2sc3ccccc3c2Cl)CC1.